The van der Waals surface area contributed by atoms with Crippen LogP contribution in [0.2, 0.25) is 0 Å². The Kier molecular flexibility index (Phi) is 4.47. The van der Waals surface area contributed by atoms with Crippen LogP contribution in [0, 0.1) is 0 Å². The van der Waals surface area contributed by atoms with Gasteiger partial charge in [-0.05, 0) is 47.5 Å². The first-order valence-electron chi connectivity index (χ1n) is 8.84. The number of aliphatic carboxylic acids is 1. The van der Waals surface area contributed by atoms with Crippen LogP contribution in [0.1, 0.15) is 24.1 Å². The third-order valence-corrected chi connectivity index (χ3v) is 4.75. The first kappa shape index (κ1) is 17.0. The molecule has 1 heterocycles. The maximum atomic E-state index is 11.2. The van der Waals surface area contributed by atoms with Crippen molar-refractivity contribution in [2.75, 3.05) is 0 Å². The number of carbonyl (C=O) groups is 1. The number of benzene rings is 3. The van der Waals surface area contributed by atoms with Crippen molar-refractivity contribution in [3.63, 3.8) is 0 Å². The summed E-state index contributed by atoms with van der Waals surface area (Å²) in [6.07, 6.45) is 0. The molecule has 0 radical (unpaired) electrons. The lowest BCUT2D eigenvalue weighted by molar-refractivity contribution is -0.138. The fraction of sp³-hybridized carbons (Fsp3) is 0.130. The summed E-state index contributed by atoms with van der Waals surface area (Å²) >= 11 is 0. The van der Waals surface area contributed by atoms with E-state index in [0.29, 0.717) is 6.61 Å². The third kappa shape index (κ3) is 3.60. The van der Waals surface area contributed by atoms with Gasteiger partial charge in [-0.15, -0.1) is 0 Å². The van der Waals surface area contributed by atoms with Gasteiger partial charge in [0.1, 0.15) is 12.4 Å². The number of carboxylic acid groups (broad SMARTS) is 1. The van der Waals surface area contributed by atoms with E-state index in [1.54, 1.807) is 6.92 Å². The third-order valence-electron chi connectivity index (χ3n) is 4.75. The van der Waals surface area contributed by atoms with Crippen molar-refractivity contribution in [1.29, 1.82) is 0 Å². The Morgan fingerprint density at radius 3 is 2.56 bits per heavy atom. The van der Waals surface area contributed by atoms with Crippen molar-refractivity contribution < 1.29 is 14.6 Å². The van der Waals surface area contributed by atoms with Crippen molar-refractivity contribution in [3.05, 3.63) is 84.1 Å². The van der Waals surface area contributed by atoms with Crippen molar-refractivity contribution in [3.8, 4) is 5.75 Å². The Bertz CT molecular complexity index is 1140. The van der Waals surface area contributed by atoms with Gasteiger partial charge in [-0.3, -0.25) is 4.79 Å². The van der Waals surface area contributed by atoms with E-state index in [4.69, 9.17) is 9.84 Å². The molecule has 1 N–H and O–H groups in total. The van der Waals surface area contributed by atoms with Crippen LogP contribution in [0.4, 0.5) is 0 Å². The van der Waals surface area contributed by atoms with Gasteiger partial charge in [0.15, 0.2) is 0 Å². The van der Waals surface area contributed by atoms with Gasteiger partial charge in [0.05, 0.1) is 17.1 Å². The Labute approximate surface area is 157 Å². The van der Waals surface area contributed by atoms with Gasteiger partial charge in [0, 0.05) is 5.39 Å². The number of aromatic nitrogens is 1. The van der Waals surface area contributed by atoms with Crippen LogP contribution >= 0.6 is 0 Å². The smallest absolute Gasteiger partial charge is 0.310 e. The molecule has 27 heavy (non-hydrogen) atoms. The zero-order valence-electron chi connectivity index (χ0n) is 14.9. The standard InChI is InChI=1S/C23H19NO3/c1-15(23(25)26)17-6-7-19-13-21(11-9-18(19)12-17)27-14-20-10-8-16-4-2-3-5-22(16)24-20/h2-13,15H,14H2,1H3,(H,25,26)/t15-/m0/s1. The average Bonchev–Trinajstić information content (AvgIpc) is 2.71. The SMILES string of the molecule is C[C@H](C(=O)O)c1ccc2cc(OCc3ccc4ccccc4n3)ccc2c1. The summed E-state index contributed by atoms with van der Waals surface area (Å²) in [6.45, 7) is 2.09. The molecule has 0 unspecified atom stereocenters. The van der Waals surface area contributed by atoms with E-state index in [1.807, 2.05) is 72.8 Å². The van der Waals surface area contributed by atoms with Crippen LogP contribution in [-0.2, 0) is 11.4 Å². The number of pyridine rings is 1. The molecule has 0 fully saturated rings. The normalized spacial score (nSPS) is 12.2. The zero-order chi connectivity index (χ0) is 18.8. The number of hydrogen-bond acceptors (Lipinski definition) is 3. The van der Waals surface area contributed by atoms with E-state index in [2.05, 4.69) is 4.98 Å². The number of hydrogen-bond donors (Lipinski definition) is 1. The van der Waals surface area contributed by atoms with Gasteiger partial charge < -0.3 is 9.84 Å². The molecule has 134 valence electrons. The van der Waals surface area contributed by atoms with Crippen LogP contribution in [0.3, 0.4) is 0 Å². The Morgan fingerprint density at radius 2 is 1.70 bits per heavy atom. The highest BCUT2D eigenvalue weighted by Gasteiger charge is 2.13. The van der Waals surface area contributed by atoms with Gasteiger partial charge in [-0.25, -0.2) is 4.98 Å². The maximum Gasteiger partial charge on any atom is 0.310 e. The lowest BCUT2D eigenvalue weighted by atomic mass is 9.98. The molecule has 3 aromatic carbocycles. The largest absolute Gasteiger partial charge is 0.487 e. The lowest BCUT2D eigenvalue weighted by Crippen LogP contribution is -2.07. The van der Waals surface area contributed by atoms with Crippen molar-refractivity contribution in [1.82, 2.24) is 4.98 Å². The molecule has 1 atom stereocenters. The van der Waals surface area contributed by atoms with Crippen molar-refractivity contribution >= 4 is 27.6 Å². The maximum absolute atomic E-state index is 11.2. The Hall–Kier alpha value is -3.40. The molecule has 0 aliphatic carbocycles. The first-order chi connectivity index (χ1) is 13.1. The minimum Gasteiger partial charge on any atom is -0.487 e. The molecule has 1 aromatic heterocycles. The van der Waals surface area contributed by atoms with Crippen molar-refractivity contribution in [2.24, 2.45) is 0 Å². The summed E-state index contributed by atoms with van der Waals surface area (Å²) in [6, 6.07) is 23.6. The van der Waals surface area contributed by atoms with Gasteiger partial charge in [-0.2, -0.15) is 0 Å². The molecular weight excluding hydrogens is 338 g/mol. The highest BCUT2D eigenvalue weighted by molar-refractivity contribution is 5.86. The summed E-state index contributed by atoms with van der Waals surface area (Å²) in [5, 5.41) is 12.3. The molecule has 0 amide bonds. The lowest BCUT2D eigenvalue weighted by Gasteiger charge is -2.10. The van der Waals surface area contributed by atoms with E-state index in [9.17, 15) is 4.79 Å². The monoisotopic (exact) mass is 357 g/mol. The van der Waals surface area contributed by atoms with E-state index >= 15 is 0 Å². The number of carboxylic acids is 1. The second-order valence-electron chi connectivity index (χ2n) is 6.61. The first-order valence-corrected chi connectivity index (χ1v) is 8.84. The number of nitrogens with zero attached hydrogens (tertiary/aromatic N) is 1. The number of fused-ring (bicyclic) bond motifs is 2. The van der Waals surface area contributed by atoms with E-state index < -0.39 is 11.9 Å². The molecule has 0 aliphatic rings. The summed E-state index contributed by atoms with van der Waals surface area (Å²) in [5.41, 5.74) is 2.63. The molecule has 4 aromatic rings. The molecule has 4 rings (SSSR count). The molecule has 0 spiro atoms. The molecule has 0 bridgehead atoms. The number of para-hydroxylation sites is 1. The van der Waals surface area contributed by atoms with Crippen LogP contribution in [-0.4, -0.2) is 16.1 Å². The van der Waals surface area contributed by atoms with Crippen molar-refractivity contribution in [2.45, 2.75) is 19.4 Å². The molecule has 0 saturated heterocycles. The predicted molar refractivity (Wildman–Crippen MR) is 106 cm³/mol. The van der Waals surface area contributed by atoms with E-state index in [0.717, 1.165) is 38.7 Å². The fourth-order valence-electron chi connectivity index (χ4n) is 3.09. The van der Waals surface area contributed by atoms with Crippen LogP contribution in [0.15, 0.2) is 72.8 Å². The molecule has 0 aliphatic heterocycles. The predicted octanol–water partition coefficient (Wildman–Crippen LogP) is 5.16. The number of rotatable bonds is 5. The summed E-state index contributed by atoms with van der Waals surface area (Å²) in [5.74, 6) is -0.585. The van der Waals surface area contributed by atoms with Crippen LogP contribution < -0.4 is 4.74 Å². The molecule has 0 saturated carbocycles. The fourth-order valence-corrected chi connectivity index (χ4v) is 3.09. The summed E-state index contributed by atoms with van der Waals surface area (Å²) < 4.78 is 5.91. The van der Waals surface area contributed by atoms with Gasteiger partial charge >= 0.3 is 5.97 Å². The van der Waals surface area contributed by atoms with Gasteiger partial charge in [-0.1, -0.05) is 48.5 Å². The number of ether oxygens (including phenoxy) is 1. The Morgan fingerprint density at radius 1 is 0.963 bits per heavy atom. The summed E-state index contributed by atoms with van der Waals surface area (Å²) in [7, 11) is 0. The average molecular weight is 357 g/mol. The molecule has 4 nitrogen and oxygen atoms in total. The Balaban J connectivity index is 1.53. The topological polar surface area (TPSA) is 59.4 Å². The van der Waals surface area contributed by atoms with E-state index in [1.165, 1.54) is 0 Å². The zero-order valence-corrected chi connectivity index (χ0v) is 14.9. The minimum atomic E-state index is -0.822. The quantitative estimate of drug-likeness (QED) is 0.536. The van der Waals surface area contributed by atoms with E-state index in [-0.39, 0.29) is 0 Å². The second kappa shape index (κ2) is 7.08. The molecular formula is C23H19NO3. The van der Waals surface area contributed by atoms with Crippen LogP contribution in [0.25, 0.3) is 21.7 Å². The van der Waals surface area contributed by atoms with Gasteiger partial charge in [0.2, 0.25) is 0 Å². The molecule has 4 heteroatoms. The van der Waals surface area contributed by atoms with Crippen LogP contribution in [0.5, 0.6) is 5.75 Å². The highest BCUT2D eigenvalue weighted by atomic mass is 16.5. The summed E-state index contributed by atoms with van der Waals surface area (Å²) in [4.78, 5) is 15.8. The second-order valence-corrected chi connectivity index (χ2v) is 6.61. The van der Waals surface area contributed by atoms with Gasteiger partial charge in [0.25, 0.3) is 0 Å². The minimum absolute atomic E-state index is 0.393. The highest BCUT2D eigenvalue weighted by Crippen LogP contribution is 2.26.